The first kappa shape index (κ1) is 19.3. The summed E-state index contributed by atoms with van der Waals surface area (Å²) < 4.78 is 39.0. The van der Waals surface area contributed by atoms with Crippen molar-refractivity contribution in [2.45, 2.75) is 19.5 Å². The summed E-state index contributed by atoms with van der Waals surface area (Å²) in [4.78, 5) is 15.5. The Bertz CT molecular complexity index is 1090. The number of aryl methyl sites for hydroxylation is 1. The van der Waals surface area contributed by atoms with Gasteiger partial charge in [-0.05, 0) is 30.7 Å². The molecule has 0 atom stereocenters. The molecule has 0 radical (unpaired) electrons. The van der Waals surface area contributed by atoms with E-state index in [4.69, 9.17) is 6.42 Å². The third-order valence-electron chi connectivity index (χ3n) is 4.25. The zero-order valence-corrected chi connectivity index (χ0v) is 14.8. The summed E-state index contributed by atoms with van der Waals surface area (Å²) >= 11 is 0. The molecule has 3 rings (SSSR count). The van der Waals surface area contributed by atoms with Crippen LogP contribution in [-0.4, -0.2) is 33.2 Å². The lowest BCUT2D eigenvalue weighted by molar-refractivity contribution is -0.131. The van der Waals surface area contributed by atoms with Crippen LogP contribution in [0.25, 0.3) is 16.9 Å². The van der Waals surface area contributed by atoms with Gasteiger partial charge >= 0.3 is 12.1 Å². The molecule has 0 aliphatic heterocycles. The predicted molar refractivity (Wildman–Crippen MR) is 99.4 cm³/mol. The van der Waals surface area contributed by atoms with Gasteiger partial charge in [-0.3, -0.25) is 4.40 Å². The maximum atomic E-state index is 12.4. The number of benzene rings is 1. The second-order valence-corrected chi connectivity index (χ2v) is 6.25. The van der Waals surface area contributed by atoms with Gasteiger partial charge < -0.3 is 10.4 Å². The van der Waals surface area contributed by atoms with Crippen LogP contribution in [-0.2, 0) is 0 Å². The highest BCUT2D eigenvalue weighted by Crippen LogP contribution is 2.28. The number of carboxylic acids is 1. The van der Waals surface area contributed by atoms with Crippen molar-refractivity contribution in [3.05, 3.63) is 53.3 Å². The van der Waals surface area contributed by atoms with Crippen molar-refractivity contribution in [1.82, 2.24) is 9.38 Å². The molecule has 0 spiro atoms. The summed E-state index contributed by atoms with van der Waals surface area (Å²) in [5, 5.41) is 11.9. The van der Waals surface area contributed by atoms with E-state index < -0.39 is 18.6 Å². The van der Waals surface area contributed by atoms with Gasteiger partial charge in [0.05, 0.1) is 29.6 Å². The molecule has 3 aromatic rings. The van der Waals surface area contributed by atoms with Crippen molar-refractivity contribution < 1.29 is 23.1 Å². The van der Waals surface area contributed by atoms with Crippen molar-refractivity contribution >= 4 is 17.3 Å². The van der Waals surface area contributed by atoms with Crippen molar-refractivity contribution in [1.29, 1.82) is 0 Å². The van der Waals surface area contributed by atoms with Crippen LogP contribution in [0.3, 0.4) is 0 Å². The molecule has 0 bridgehead atoms. The van der Waals surface area contributed by atoms with E-state index in [-0.39, 0.29) is 12.1 Å². The molecule has 5 nitrogen and oxygen atoms in total. The highest BCUT2D eigenvalue weighted by atomic mass is 19.4. The smallest absolute Gasteiger partial charge is 0.390 e. The van der Waals surface area contributed by atoms with E-state index in [1.807, 2.05) is 0 Å². The number of fused-ring (bicyclic) bond motifs is 1. The lowest BCUT2D eigenvalue weighted by Crippen LogP contribution is -2.15. The standard InChI is InChI=1S/C20H16F3N3O2/c1-3-13-9-16(24-7-6-20(21,22)23)18-25-10-17(26(18)11-13)14-4-5-15(19(27)28)12(2)8-14/h1,4-5,8-11,24H,6-7H2,2H3,(H,27,28). The lowest BCUT2D eigenvalue weighted by atomic mass is 10.0. The minimum Gasteiger partial charge on any atom is -0.478 e. The Morgan fingerprint density at radius 3 is 2.71 bits per heavy atom. The number of nitrogens with one attached hydrogen (secondary N) is 1. The molecule has 2 aromatic heterocycles. The second-order valence-electron chi connectivity index (χ2n) is 6.25. The zero-order valence-electron chi connectivity index (χ0n) is 14.8. The van der Waals surface area contributed by atoms with E-state index >= 15 is 0 Å². The number of carbonyl (C=O) groups is 1. The number of rotatable bonds is 5. The fourth-order valence-electron chi connectivity index (χ4n) is 2.91. The summed E-state index contributed by atoms with van der Waals surface area (Å²) in [5.41, 5.74) is 3.42. The molecule has 8 heteroatoms. The number of aromatic nitrogens is 2. The van der Waals surface area contributed by atoms with Gasteiger partial charge in [0.15, 0.2) is 5.65 Å². The van der Waals surface area contributed by atoms with Crippen molar-refractivity contribution in [3.8, 4) is 23.6 Å². The number of anilines is 1. The van der Waals surface area contributed by atoms with E-state index in [1.54, 1.807) is 41.9 Å². The van der Waals surface area contributed by atoms with Gasteiger partial charge in [0.25, 0.3) is 0 Å². The number of halogens is 3. The zero-order chi connectivity index (χ0) is 20.5. The molecule has 1 aromatic carbocycles. The molecule has 0 saturated carbocycles. The van der Waals surface area contributed by atoms with Gasteiger partial charge in [0.2, 0.25) is 0 Å². The molecule has 0 unspecified atom stereocenters. The van der Waals surface area contributed by atoms with Crippen LogP contribution >= 0.6 is 0 Å². The molecule has 0 amide bonds. The third kappa shape index (κ3) is 3.93. The minimum absolute atomic E-state index is 0.191. The van der Waals surface area contributed by atoms with Crippen molar-refractivity contribution in [2.24, 2.45) is 0 Å². The predicted octanol–water partition coefficient (Wildman–Crippen LogP) is 4.35. The van der Waals surface area contributed by atoms with Gasteiger partial charge in [0, 0.05) is 23.9 Å². The lowest BCUT2D eigenvalue weighted by Gasteiger charge is -2.12. The van der Waals surface area contributed by atoms with Crippen LogP contribution in [0.2, 0.25) is 0 Å². The van der Waals surface area contributed by atoms with Crippen LogP contribution < -0.4 is 5.32 Å². The van der Waals surface area contributed by atoms with Crippen LogP contribution in [0.4, 0.5) is 18.9 Å². The Balaban J connectivity index is 2.04. The highest BCUT2D eigenvalue weighted by molar-refractivity contribution is 5.90. The number of aromatic carboxylic acids is 1. The molecule has 0 aliphatic rings. The minimum atomic E-state index is -4.27. The maximum absolute atomic E-state index is 12.4. The van der Waals surface area contributed by atoms with Crippen molar-refractivity contribution in [3.63, 3.8) is 0 Å². The average molecular weight is 387 g/mol. The van der Waals surface area contributed by atoms with E-state index in [9.17, 15) is 23.1 Å². The van der Waals surface area contributed by atoms with Gasteiger partial charge in [-0.2, -0.15) is 13.2 Å². The molecule has 2 heterocycles. The largest absolute Gasteiger partial charge is 0.478 e. The Kier molecular flexibility index (Phi) is 5.01. The number of hydrogen-bond acceptors (Lipinski definition) is 3. The summed E-state index contributed by atoms with van der Waals surface area (Å²) in [5.74, 6) is 1.46. The average Bonchev–Trinajstić information content (AvgIpc) is 3.04. The third-order valence-corrected chi connectivity index (χ3v) is 4.25. The number of pyridine rings is 1. The summed E-state index contributed by atoms with van der Waals surface area (Å²) in [6.07, 6.45) is 3.46. The monoisotopic (exact) mass is 387 g/mol. The molecule has 144 valence electrons. The number of alkyl halides is 3. The maximum Gasteiger partial charge on any atom is 0.390 e. The van der Waals surface area contributed by atoms with Crippen molar-refractivity contribution in [2.75, 3.05) is 11.9 Å². The van der Waals surface area contributed by atoms with Crippen LogP contribution in [0.1, 0.15) is 27.9 Å². The summed E-state index contributed by atoms with van der Waals surface area (Å²) in [6, 6.07) is 6.44. The van der Waals surface area contributed by atoms with Crippen LogP contribution in [0, 0.1) is 19.3 Å². The first-order valence-corrected chi connectivity index (χ1v) is 8.32. The topological polar surface area (TPSA) is 66.6 Å². The van der Waals surface area contributed by atoms with E-state index in [0.29, 0.717) is 33.7 Å². The molecular weight excluding hydrogens is 371 g/mol. The molecule has 28 heavy (non-hydrogen) atoms. The highest BCUT2D eigenvalue weighted by Gasteiger charge is 2.26. The summed E-state index contributed by atoms with van der Waals surface area (Å²) in [6.45, 7) is 1.38. The number of imidazole rings is 1. The number of carboxylic acid groups (broad SMARTS) is 1. The SMILES string of the molecule is C#Cc1cc(NCCC(F)(F)F)c2ncc(-c3ccc(C(=O)O)c(C)c3)n2c1. The number of nitrogens with zero attached hydrogens (tertiary/aromatic N) is 2. The fraction of sp³-hybridized carbons (Fsp3) is 0.200. The van der Waals surface area contributed by atoms with Gasteiger partial charge in [-0.15, -0.1) is 6.42 Å². The first-order valence-electron chi connectivity index (χ1n) is 8.32. The molecular formula is C20H16F3N3O2. The number of hydrogen-bond donors (Lipinski definition) is 2. The van der Waals surface area contributed by atoms with E-state index in [0.717, 1.165) is 0 Å². The van der Waals surface area contributed by atoms with Crippen LogP contribution in [0.15, 0.2) is 36.7 Å². The Morgan fingerprint density at radius 2 is 2.11 bits per heavy atom. The van der Waals surface area contributed by atoms with Gasteiger partial charge in [-0.25, -0.2) is 9.78 Å². The summed E-state index contributed by atoms with van der Waals surface area (Å²) in [7, 11) is 0. The molecule has 0 aliphatic carbocycles. The fourth-order valence-corrected chi connectivity index (χ4v) is 2.91. The number of terminal acetylenes is 1. The van der Waals surface area contributed by atoms with Gasteiger partial charge in [0.1, 0.15) is 0 Å². The van der Waals surface area contributed by atoms with Gasteiger partial charge in [-0.1, -0.05) is 12.0 Å². The Hall–Kier alpha value is -3.47. The molecule has 2 N–H and O–H groups in total. The quantitative estimate of drug-likeness (QED) is 0.639. The Morgan fingerprint density at radius 1 is 1.36 bits per heavy atom. The van der Waals surface area contributed by atoms with E-state index in [1.165, 1.54) is 6.07 Å². The Labute approximate surface area is 158 Å². The first-order chi connectivity index (χ1) is 13.2. The normalized spacial score (nSPS) is 11.4. The van der Waals surface area contributed by atoms with E-state index in [2.05, 4.69) is 16.2 Å². The molecule has 0 saturated heterocycles. The second kappa shape index (κ2) is 7.27. The molecule has 0 fully saturated rings. The van der Waals surface area contributed by atoms with Crippen LogP contribution in [0.5, 0.6) is 0 Å².